The molecule has 0 fully saturated rings. The van der Waals surface area contributed by atoms with Crippen LogP contribution in [-0.4, -0.2) is 74.7 Å². The maximum absolute atomic E-state index is 12.3. The number of imidazole rings is 1. The van der Waals surface area contributed by atoms with Crippen molar-refractivity contribution in [3.05, 3.63) is 18.2 Å². The molecule has 0 aromatic carbocycles. The van der Waals surface area contributed by atoms with Gasteiger partial charge in [0.25, 0.3) is 0 Å². The lowest BCUT2D eigenvalue weighted by atomic mass is 10.1. The third kappa shape index (κ3) is 7.11. The Morgan fingerprint density at radius 1 is 1.32 bits per heavy atom. The zero-order chi connectivity index (χ0) is 18.8. The number of hydrogen-bond acceptors (Lipinski definition) is 7. The topological polar surface area (TPSA) is 170 Å². The first-order chi connectivity index (χ1) is 11.9. The van der Waals surface area contributed by atoms with E-state index < -0.39 is 42.5 Å². The molecule has 11 heteroatoms. The number of nitrogens with two attached hydrogens (primary N) is 1. The summed E-state index contributed by atoms with van der Waals surface area (Å²) in [5.74, 6) is -1.93. The van der Waals surface area contributed by atoms with E-state index in [2.05, 4.69) is 20.6 Å². The Kier molecular flexibility index (Phi) is 8.95. The van der Waals surface area contributed by atoms with E-state index in [1.807, 2.05) is 6.26 Å². The Balaban J connectivity index is 2.79. The fourth-order valence-corrected chi connectivity index (χ4v) is 2.43. The second-order valence-corrected chi connectivity index (χ2v) is 6.30. The van der Waals surface area contributed by atoms with E-state index in [9.17, 15) is 14.4 Å². The molecular weight excluding hydrogens is 350 g/mol. The van der Waals surface area contributed by atoms with Gasteiger partial charge in [-0.2, -0.15) is 11.8 Å². The van der Waals surface area contributed by atoms with E-state index >= 15 is 0 Å². The Bertz CT molecular complexity index is 568. The molecular formula is C14H23N5O5S. The number of aromatic amines is 1. The van der Waals surface area contributed by atoms with Gasteiger partial charge in [-0.25, -0.2) is 9.78 Å². The number of aliphatic hydroxyl groups excluding tert-OH is 1. The highest BCUT2D eigenvalue weighted by Gasteiger charge is 2.28. The van der Waals surface area contributed by atoms with E-state index in [0.29, 0.717) is 17.9 Å². The molecule has 0 aliphatic rings. The number of H-pyrrole nitrogens is 1. The molecule has 1 rings (SSSR count). The largest absolute Gasteiger partial charge is 0.480 e. The Morgan fingerprint density at radius 2 is 2.00 bits per heavy atom. The number of hydrogen-bond donors (Lipinski definition) is 6. The molecule has 1 aromatic heterocycles. The average molecular weight is 373 g/mol. The van der Waals surface area contributed by atoms with Crippen LogP contribution in [0.25, 0.3) is 0 Å². The van der Waals surface area contributed by atoms with E-state index in [0.717, 1.165) is 0 Å². The van der Waals surface area contributed by atoms with Gasteiger partial charge in [-0.1, -0.05) is 0 Å². The van der Waals surface area contributed by atoms with E-state index in [-0.39, 0.29) is 6.42 Å². The number of carbonyl (C=O) groups is 3. The van der Waals surface area contributed by atoms with Crippen molar-refractivity contribution in [1.29, 1.82) is 0 Å². The van der Waals surface area contributed by atoms with E-state index in [1.165, 1.54) is 12.5 Å². The molecule has 0 aliphatic carbocycles. The zero-order valence-corrected chi connectivity index (χ0v) is 14.6. The van der Waals surface area contributed by atoms with Crippen molar-refractivity contribution in [2.45, 2.75) is 31.0 Å². The van der Waals surface area contributed by atoms with Gasteiger partial charge in [0.05, 0.1) is 19.0 Å². The first-order valence-electron chi connectivity index (χ1n) is 7.55. The SMILES string of the molecule is CSCC[C@H](N)C(=O)N[C@@H](Cc1cnc[nH]1)C(=O)N[C@@H](CO)C(=O)O. The molecule has 0 saturated heterocycles. The third-order valence-corrected chi connectivity index (χ3v) is 4.02. The summed E-state index contributed by atoms with van der Waals surface area (Å²) < 4.78 is 0. The monoisotopic (exact) mass is 373 g/mol. The highest BCUT2D eigenvalue weighted by Crippen LogP contribution is 2.03. The van der Waals surface area contributed by atoms with Crippen LogP contribution in [-0.2, 0) is 20.8 Å². The van der Waals surface area contributed by atoms with Crippen LogP contribution < -0.4 is 16.4 Å². The fourth-order valence-electron chi connectivity index (χ4n) is 1.94. The second kappa shape index (κ2) is 10.7. The smallest absolute Gasteiger partial charge is 0.328 e. The van der Waals surface area contributed by atoms with Gasteiger partial charge in [0.15, 0.2) is 0 Å². The molecule has 1 aromatic rings. The molecule has 1 heterocycles. The number of thioether (sulfide) groups is 1. The Morgan fingerprint density at radius 3 is 2.52 bits per heavy atom. The van der Waals surface area contributed by atoms with Crippen molar-refractivity contribution >= 4 is 29.5 Å². The summed E-state index contributed by atoms with van der Waals surface area (Å²) in [6.07, 6.45) is 5.31. The number of aliphatic hydroxyl groups is 1. The Labute approximate surface area is 149 Å². The predicted octanol–water partition coefficient (Wildman–Crippen LogP) is -1.92. The van der Waals surface area contributed by atoms with Gasteiger partial charge in [0.1, 0.15) is 12.1 Å². The first kappa shape index (κ1) is 20.9. The van der Waals surface area contributed by atoms with Crippen LogP contribution in [0.15, 0.2) is 12.5 Å². The molecule has 10 nitrogen and oxygen atoms in total. The molecule has 2 amide bonds. The number of nitrogens with one attached hydrogen (secondary N) is 3. The van der Waals surface area contributed by atoms with Gasteiger partial charge in [-0.05, 0) is 18.4 Å². The summed E-state index contributed by atoms with van der Waals surface area (Å²) in [5.41, 5.74) is 6.37. The molecule has 3 atom stereocenters. The van der Waals surface area contributed by atoms with E-state index in [1.54, 1.807) is 11.8 Å². The lowest BCUT2D eigenvalue weighted by Gasteiger charge is -2.22. The molecule has 7 N–H and O–H groups in total. The van der Waals surface area contributed by atoms with Crippen molar-refractivity contribution in [2.24, 2.45) is 5.73 Å². The normalized spacial score (nSPS) is 14.4. The average Bonchev–Trinajstić information content (AvgIpc) is 3.09. The number of rotatable bonds is 11. The number of aromatic nitrogens is 2. The van der Waals surface area contributed by atoms with Crippen LogP contribution in [0.1, 0.15) is 12.1 Å². The lowest BCUT2D eigenvalue weighted by molar-refractivity contribution is -0.143. The maximum atomic E-state index is 12.3. The van der Waals surface area contributed by atoms with Crippen LogP contribution in [0.2, 0.25) is 0 Å². The second-order valence-electron chi connectivity index (χ2n) is 5.31. The number of aliphatic carboxylic acids is 1. The highest BCUT2D eigenvalue weighted by atomic mass is 32.2. The van der Waals surface area contributed by atoms with Gasteiger partial charge < -0.3 is 31.6 Å². The third-order valence-electron chi connectivity index (χ3n) is 3.38. The number of amides is 2. The van der Waals surface area contributed by atoms with Gasteiger partial charge in [0, 0.05) is 18.3 Å². The summed E-state index contributed by atoms with van der Waals surface area (Å²) in [4.78, 5) is 42.1. The quantitative estimate of drug-likeness (QED) is 0.261. The molecule has 0 radical (unpaired) electrons. The van der Waals surface area contributed by atoms with Gasteiger partial charge in [-0.15, -0.1) is 0 Å². The maximum Gasteiger partial charge on any atom is 0.328 e. The first-order valence-corrected chi connectivity index (χ1v) is 8.94. The van der Waals surface area contributed by atoms with Crippen molar-refractivity contribution in [3.63, 3.8) is 0 Å². The minimum absolute atomic E-state index is 0.0740. The molecule has 0 saturated carbocycles. The van der Waals surface area contributed by atoms with Crippen LogP contribution in [0.3, 0.4) is 0 Å². The van der Waals surface area contributed by atoms with Gasteiger partial charge >= 0.3 is 5.97 Å². The van der Waals surface area contributed by atoms with E-state index in [4.69, 9.17) is 15.9 Å². The van der Waals surface area contributed by atoms with Crippen LogP contribution in [0, 0.1) is 0 Å². The molecule has 140 valence electrons. The van der Waals surface area contributed by atoms with Crippen molar-refractivity contribution in [1.82, 2.24) is 20.6 Å². The lowest BCUT2D eigenvalue weighted by Crippen LogP contribution is -2.56. The summed E-state index contributed by atoms with van der Waals surface area (Å²) >= 11 is 1.55. The van der Waals surface area contributed by atoms with Crippen LogP contribution in [0.5, 0.6) is 0 Å². The molecule has 25 heavy (non-hydrogen) atoms. The Hall–Kier alpha value is -2.11. The predicted molar refractivity (Wildman–Crippen MR) is 91.8 cm³/mol. The van der Waals surface area contributed by atoms with Crippen LogP contribution in [0.4, 0.5) is 0 Å². The minimum Gasteiger partial charge on any atom is -0.480 e. The number of nitrogens with zero attached hydrogens (tertiary/aromatic N) is 1. The van der Waals surface area contributed by atoms with Gasteiger partial charge in [0.2, 0.25) is 11.8 Å². The number of carboxylic acids is 1. The summed E-state index contributed by atoms with van der Waals surface area (Å²) in [5, 5.41) is 22.7. The molecule has 0 aliphatic heterocycles. The fraction of sp³-hybridized carbons (Fsp3) is 0.571. The summed E-state index contributed by atoms with van der Waals surface area (Å²) in [6.45, 7) is -0.765. The summed E-state index contributed by atoms with van der Waals surface area (Å²) in [7, 11) is 0. The van der Waals surface area contributed by atoms with Crippen molar-refractivity contribution in [2.75, 3.05) is 18.6 Å². The number of carboxylic acid groups (broad SMARTS) is 1. The molecule has 0 spiro atoms. The van der Waals surface area contributed by atoms with Gasteiger partial charge in [-0.3, -0.25) is 9.59 Å². The standard InChI is InChI=1S/C14H23N5O5S/c1-25-3-2-9(15)12(21)18-10(4-8-5-16-7-17-8)13(22)19-11(6-20)14(23)24/h5,7,9-11,20H,2-4,6,15H2,1H3,(H,16,17)(H,18,21)(H,19,22)(H,23,24)/t9-,10-,11-/m0/s1. The van der Waals surface area contributed by atoms with Crippen molar-refractivity contribution in [3.8, 4) is 0 Å². The molecule has 0 unspecified atom stereocenters. The minimum atomic E-state index is -1.46. The highest BCUT2D eigenvalue weighted by molar-refractivity contribution is 7.98. The number of carbonyl (C=O) groups excluding carboxylic acids is 2. The van der Waals surface area contributed by atoms with Crippen LogP contribution >= 0.6 is 11.8 Å². The zero-order valence-electron chi connectivity index (χ0n) is 13.8. The van der Waals surface area contributed by atoms with Crippen molar-refractivity contribution < 1.29 is 24.6 Å². The molecule has 0 bridgehead atoms. The summed E-state index contributed by atoms with van der Waals surface area (Å²) in [6, 6.07) is -3.29.